The number of aliphatic hydroxyl groups excluding tert-OH is 1. The number of hydrogen-bond acceptors (Lipinski definition) is 4. The van der Waals surface area contributed by atoms with Gasteiger partial charge in [-0.25, -0.2) is 4.39 Å². The summed E-state index contributed by atoms with van der Waals surface area (Å²) in [5.74, 6) is -0.318. The second-order valence-electron chi connectivity index (χ2n) is 5.17. The monoisotopic (exact) mass is 283 g/mol. The van der Waals surface area contributed by atoms with Gasteiger partial charge in [-0.15, -0.1) is 0 Å². The minimum Gasteiger partial charge on any atom is -0.388 e. The zero-order chi connectivity index (χ0) is 14.5. The lowest BCUT2D eigenvalue weighted by molar-refractivity contribution is -0.00461. The average molecular weight is 283 g/mol. The Bertz CT molecular complexity index is 417. The predicted molar refractivity (Wildman–Crippen MR) is 74.0 cm³/mol. The average Bonchev–Trinajstić information content (AvgIpc) is 2.87. The highest BCUT2D eigenvalue weighted by Crippen LogP contribution is 2.21. The van der Waals surface area contributed by atoms with E-state index in [-0.39, 0.29) is 18.0 Å². The van der Waals surface area contributed by atoms with Gasteiger partial charge < -0.3 is 14.6 Å². The highest BCUT2D eigenvalue weighted by molar-refractivity contribution is 5.18. The standard InChI is InChI=1S/C15H22FNO3/c1-19-14-9-17(10-15(14)20-2)7-6-13(18)11-4-3-5-12(16)8-11/h3-5,8,13-15,18H,6-7,9-10H2,1-2H3. The maximum Gasteiger partial charge on any atom is 0.123 e. The Balaban J connectivity index is 1.84. The normalized spacial score (nSPS) is 25.0. The van der Waals surface area contributed by atoms with E-state index in [0.29, 0.717) is 12.0 Å². The lowest BCUT2D eigenvalue weighted by atomic mass is 10.1. The Morgan fingerprint density at radius 2 is 1.95 bits per heavy atom. The summed E-state index contributed by atoms with van der Waals surface area (Å²) in [4.78, 5) is 2.20. The molecule has 0 amide bonds. The van der Waals surface area contributed by atoms with Crippen LogP contribution in [0.15, 0.2) is 24.3 Å². The van der Waals surface area contributed by atoms with Crippen LogP contribution in [0.3, 0.4) is 0 Å². The topological polar surface area (TPSA) is 41.9 Å². The van der Waals surface area contributed by atoms with Crippen molar-refractivity contribution < 1.29 is 19.0 Å². The van der Waals surface area contributed by atoms with Crippen molar-refractivity contribution in [3.05, 3.63) is 35.6 Å². The van der Waals surface area contributed by atoms with Crippen LogP contribution in [0, 0.1) is 5.82 Å². The Morgan fingerprint density at radius 3 is 2.50 bits per heavy atom. The quantitative estimate of drug-likeness (QED) is 0.861. The Labute approximate surface area is 119 Å². The Hall–Kier alpha value is -1.01. The summed E-state index contributed by atoms with van der Waals surface area (Å²) in [6.07, 6.45) is 0.0713. The second-order valence-corrected chi connectivity index (χ2v) is 5.17. The molecule has 1 aliphatic heterocycles. The summed E-state index contributed by atoms with van der Waals surface area (Å²) in [6.45, 7) is 2.33. The van der Waals surface area contributed by atoms with Crippen LogP contribution in [0.25, 0.3) is 0 Å². The van der Waals surface area contributed by atoms with Crippen LogP contribution in [0.2, 0.25) is 0 Å². The SMILES string of the molecule is COC1CN(CCC(O)c2cccc(F)c2)CC1OC. The van der Waals surface area contributed by atoms with E-state index >= 15 is 0 Å². The molecule has 0 aliphatic carbocycles. The third-order valence-corrected chi connectivity index (χ3v) is 3.85. The van der Waals surface area contributed by atoms with Gasteiger partial charge in [0.05, 0.1) is 18.3 Å². The maximum absolute atomic E-state index is 13.1. The minimum absolute atomic E-state index is 0.0753. The largest absolute Gasteiger partial charge is 0.388 e. The molecule has 3 atom stereocenters. The van der Waals surface area contributed by atoms with Crippen molar-refractivity contribution in [2.45, 2.75) is 24.7 Å². The predicted octanol–water partition coefficient (Wildman–Crippen LogP) is 1.59. The molecule has 1 aromatic rings. The van der Waals surface area contributed by atoms with Crippen LogP contribution in [0.1, 0.15) is 18.1 Å². The van der Waals surface area contributed by atoms with Crippen molar-refractivity contribution in [1.29, 1.82) is 0 Å². The minimum atomic E-state index is -0.645. The van der Waals surface area contributed by atoms with E-state index in [1.807, 2.05) is 0 Å². The van der Waals surface area contributed by atoms with E-state index < -0.39 is 6.10 Å². The van der Waals surface area contributed by atoms with Gasteiger partial charge in [-0.05, 0) is 24.1 Å². The highest BCUT2D eigenvalue weighted by atomic mass is 19.1. The summed E-state index contributed by atoms with van der Waals surface area (Å²) in [5, 5.41) is 10.1. The molecule has 1 saturated heterocycles. The zero-order valence-electron chi connectivity index (χ0n) is 12.0. The van der Waals surface area contributed by atoms with Crippen LogP contribution >= 0.6 is 0 Å². The molecule has 1 heterocycles. The van der Waals surface area contributed by atoms with E-state index in [1.165, 1.54) is 12.1 Å². The number of hydrogen-bond donors (Lipinski definition) is 1. The number of ether oxygens (including phenoxy) is 2. The van der Waals surface area contributed by atoms with E-state index in [1.54, 1.807) is 26.4 Å². The number of nitrogens with zero attached hydrogens (tertiary/aromatic N) is 1. The molecule has 1 N–H and O–H groups in total. The molecule has 112 valence electrons. The lowest BCUT2D eigenvalue weighted by Gasteiger charge is -2.18. The van der Waals surface area contributed by atoms with Crippen molar-refractivity contribution in [2.24, 2.45) is 0 Å². The van der Waals surface area contributed by atoms with Gasteiger partial charge in [0, 0.05) is 33.9 Å². The first-order chi connectivity index (χ1) is 9.63. The molecule has 0 spiro atoms. The third-order valence-electron chi connectivity index (χ3n) is 3.85. The van der Waals surface area contributed by atoms with E-state index in [2.05, 4.69) is 4.90 Å². The fourth-order valence-corrected chi connectivity index (χ4v) is 2.64. The van der Waals surface area contributed by atoms with Crippen LogP contribution in [0.4, 0.5) is 4.39 Å². The van der Waals surface area contributed by atoms with Gasteiger partial charge in [-0.2, -0.15) is 0 Å². The van der Waals surface area contributed by atoms with Crippen LogP contribution < -0.4 is 0 Å². The second kappa shape index (κ2) is 7.13. The lowest BCUT2D eigenvalue weighted by Crippen LogP contribution is -2.27. The first-order valence-corrected chi connectivity index (χ1v) is 6.85. The number of rotatable bonds is 6. The molecule has 4 nitrogen and oxygen atoms in total. The smallest absolute Gasteiger partial charge is 0.123 e. The molecule has 0 aromatic heterocycles. The summed E-state index contributed by atoms with van der Waals surface area (Å²) in [7, 11) is 3.36. The fourth-order valence-electron chi connectivity index (χ4n) is 2.64. The number of benzene rings is 1. The third kappa shape index (κ3) is 3.76. The molecule has 0 bridgehead atoms. The molecule has 0 saturated carbocycles. The molecule has 1 aromatic carbocycles. The van der Waals surface area contributed by atoms with Crippen molar-refractivity contribution in [3.8, 4) is 0 Å². The molecule has 5 heteroatoms. The number of likely N-dealkylation sites (tertiary alicyclic amines) is 1. The van der Waals surface area contributed by atoms with Crippen LogP contribution in [0.5, 0.6) is 0 Å². The van der Waals surface area contributed by atoms with Crippen LogP contribution in [-0.4, -0.2) is 56.1 Å². The summed E-state index contributed by atoms with van der Waals surface area (Å²) in [5.41, 5.74) is 0.621. The summed E-state index contributed by atoms with van der Waals surface area (Å²) in [6, 6.07) is 6.12. The Kier molecular flexibility index (Phi) is 5.48. The van der Waals surface area contributed by atoms with Crippen molar-refractivity contribution >= 4 is 0 Å². The number of methoxy groups -OCH3 is 2. The Morgan fingerprint density at radius 1 is 1.30 bits per heavy atom. The highest BCUT2D eigenvalue weighted by Gasteiger charge is 2.32. The van der Waals surface area contributed by atoms with Crippen LogP contribution in [-0.2, 0) is 9.47 Å². The first-order valence-electron chi connectivity index (χ1n) is 6.85. The molecule has 2 rings (SSSR count). The van der Waals surface area contributed by atoms with E-state index in [0.717, 1.165) is 19.6 Å². The molecular formula is C15H22FNO3. The zero-order valence-corrected chi connectivity index (χ0v) is 12.0. The maximum atomic E-state index is 13.1. The number of halogens is 1. The van der Waals surface area contributed by atoms with E-state index in [4.69, 9.17) is 9.47 Å². The van der Waals surface area contributed by atoms with Gasteiger partial charge in [0.25, 0.3) is 0 Å². The molecule has 1 aliphatic rings. The molecule has 3 unspecified atom stereocenters. The van der Waals surface area contributed by atoms with Gasteiger partial charge in [0.2, 0.25) is 0 Å². The van der Waals surface area contributed by atoms with Crippen molar-refractivity contribution in [2.75, 3.05) is 33.9 Å². The van der Waals surface area contributed by atoms with Gasteiger partial charge in [-0.1, -0.05) is 12.1 Å². The van der Waals surface area contributed by atoms with Gasteiger partial charge in [0.1, 0.15) is 5.82 Å². The van der Waals surface area contributed by atoms with Crippen molar-refractivity contribution in [3.63, 3.8) is 0 Å². The molecular weight excluding hydrogens is 261 g/mol. The molecule has 0 radical (unpaired) electrons. The summed E-state index contributed by atoms with van der Waals surface area (Å²) >= 11 is 0. The van der Waals surface area contributed by atoms with E-state index in [9.17, 15) is 9.50 Å². The number of aliphatic hydroxyl groups is 1. The van der Waals surface area contributed by atoms with Gasteiger partial charge in [0.15, 0.2) is 0 Å². The van der Waals surface area contributed by atoms with Gasteiger partial charge >= 0.3 is 0 Å². The fraction of sp³-hybridized carbons (Fsp3) is 0.600. The first kappa shape index (κ1) is 15.4. The molecule has 20 heavy (non-hydrogen) atoms. The summed E-state index contributed by atoms with van der Waals surface area (Å²) < 4.78 is 23.9. The van der Waals surface area contributed by atoms with Gasteiger partial charge in [-0.3, -0.25) is 4.90 Å². The molecule has 1 fully saturated rings. The van der Waals surface area contributed by atoms with Crippen molar-refractivity contribution in [1.82, 2.24) is 4.90 Å².